The van der Waals surface area contributed by atoms with E-state index in [1.807, 2.05) is 23.1 Å². The number of fused-ring (bicyclic) bond motifs is 1. The smallest absolute Gasteiger partial charge is 0.270 e. The minimum atomic E-state index is -3.31. The summed E-state index contributed by atoms with van der Waals surface area (Å²) >= 11 is 3.11. The number of thioether (sulfide) groups is 1. The largest absolute Gasteiger partial charge is 0.394 e. The van der Waals surface area contributed by atoms with Gasteiger partial charge in [-0.3, -0.25) is 14.0 Å². The second kappa shape index (κ2) is 12.1. The fourth-order valence-corrected chi connectivity index (χ4v) is 5.71. The molecule has 0 aliphatic carbocycles. The molecule has 12 heteroatoms. The summed E-state index contributed by atoms with van der Waals surface area (Å²) in [7, 11) is -3.31. The summed E-state index contributed by atoms with van der Waals surface area (Å²) in [6.45, 7) is -0.00136. The van der Waals surface area contributed by atoms with Crippen molar-refractivity contribution < 1.29 is 23.1 Å². The molecular formula is C26H28N4O5S3. The molecule has 0 aliphatic rings. The number of rotatable bonds is 11. The Morgan fingerprint density at radius 2 is 1.92 bits per heavy atom. The van der Waals surface area contributed by atoms with E-state index < -0.39 is 15.9 Å². The molecule has 4 rings (SSSR count). The molecule has 0 fully saturated rings. The van der Waals surface area contributed by atoms with Crippen LogP contribution in [0.4, 0.5) is 0 Å². The van der Waals surface area contributed by atoms with Gasteiger partial charge in [-0.1, -0.05) is 12.1 Å². The van der Waals surface area contributed by atoms with Crippen molar-refractivity contribution in [2.75, 3.05) is 24.9 Å². The summed E-state index contributed by atoms with van der Waals surface area (Å²) in [5.41, 5.74) is 2.84. The zero-order valence-corrected chi connectivity index (χ0v) is 23.3. The number of aliphatic hydroxyl groups is 1. The molecule has 38 heavy (non-hydrogen) atoms. The molecule has 0 bridgehead atoms. The third-order valence-electron chi connectivity index (χ3n) is 5.93. The second-order valence-electron chi connectivity index (χ2n) is 8.67. The van der Waals surface area contributed by atoms with Gasteiger partial charge < -0.3 is 15.7 Å². The molecule has 9 nitrogen and oxygen atoms in total. The number of benzene rings is 1. The Bertz CT molecular complexity index is 1530. The number of aromatic nitrogens is 2. The molecule has 2 amide bonds. The maximum absolute atomic E-state index is 13.4. The van der Waals surface area contributed by atoms with E-state index in [1.165, 1.54) is 23.5 Å². The molecule has 1 atom stereocenters. The lowest BCUT2D eigenvalue weighted by molar-refractivity contribution is 0.0908. The lowest BCUT2D eigenvalue weighted by atomic mass is 10.1. The third-order valence-corrected chi connectivity index (χ3v) is 8.39. The van der Waals surface area contributed by atoms with Crippen LogP contribution >= 0.6 is 23.1 Å². The maximum atomic E-state index is 13.4. The number of nitrogens with zero attached hydrogens (tertiary/aromatic N) is 2. The number of imidazole rings is 1. The predicted octanol–water partition coefficient (Wildman–Crippen LogP) is 3.24. The van der Waals surface area contributed by atoms with Crippen LogP contribution < -0.4 is 10.6 Å². The van der Waals surface area contributed by atoms with E-state index in [1.54, 1.807) is 46.6 Å². The Morgan fingerprint density at radius 3 is 2.55 bits per heavy atom. The van der Waals surface area contributed by atoms with Gasteiger partial charge in [-0.15, -0.1) is 0 Å². The number of carbonyl (C=O) groups is 2. The van der Waals surface area contributed by atoms with Gasteiger partial charge in [-0.25, -0.2) is 13.4 Å². The first-order valence-electron chi connectivity index (χ1n) is 11.7. The van der Waals surface area contributed by atoms with E-state index in [2.05, 4.69) is 10.6 Å². The summed E-state index contributed by atoms with van der Waals surface area (Å²) in [6, 6.07) is 11.1. The van der Waals surface area contributed by atoms with Crippen LogP contribution in [0.3, 0.4) is 0 Å². The Kier molecular flexibility index (Phi) is 8.87. The normalized spacial score (nSPS) is 12.4. The van der Waals surface area contributed by atoms with Gasteiger partial charge in [-0.05, 0) is 59.7 Å². The molecular weight excluding hydrogens is 545 g/mol. The van der Waals surface area contributed by atoms with Gasteiger partial charge in [0.25, 0.3) is 11.8 Å². The molecule has 3 aromatic heterocycles. The zero-order valence-electron chi connectivity index (χ0n) is 20.9. The van der Waals surface area contributed by atoms with E-state index in [0.717, 1.165) is 23.1 Å². The molecule has 0 radical (unpaired) electrons. The topological polar surface area (TPSA) is 130 Å². The van der Waals surface area contributed by atoms with Gasteiger partial charge in [0, 0.05) is 29.9 Å². The highest BCUT2D eigenvalue weighted by Crippen LogP contribution is 2.28. The van der Waals surface area contributed by atoms with Gasteiger partial charge >= 0.3 is 0 Å². The van der Waals surface area contributed by atoms with Crippen LogP contribution in [0.15, 0.2) is 64.3 Å². The molecule has 0 aliphatic heterocycles. The first kappa shape index (κ1) is 27.8. The number of nitrogens with one attached hydrogen (secondary N) is 2. The number of hydrogen-bond acceptors (Lipinski definition) is 8. The lowest BCUT2D eigenvalue weighted by Crippen LogP contribution is -2.38. The van der Waals surface area contributed by atoms with Crippen LogP contribution in [0, 0.1) is 0 Å². The van der Waals surface area contributed by atoms with Crippen molar-refractivity contribution in [1.82, 2.24) is 20.0 Å². The highest BCUT2D eigenvalue weighted by molar-refractivity contribution is 7.98. The number of pyridine rings is 1. The van der Waals surface area contributed by atoms with E-state index in [4.69, 9.17) is 4.98 Å². The fraction of sp³-hybridized carbons (Fsp3) is 0.269. The first-order valence-corrected chi connectivity index (χ1v) is 16.0. The average Bonchev–Trinajstić information content (AvgIpc) is 3.57. The summed E-state index contributed by atoms with van der Waals surface area (Å²) in [5.74, 6) is 0.0179. The summed E-state index contributed by atoms with van der Waals surface area (Å²) in [6.07, 6.45) is 5.41. The predicted molar refractivity (Wildman–Crippen MR) is 151 cm³/mol. The van der Waals surface area contributed by atoms with Gasteiger partial charge in [0.2, 0.25) is 0 Å². The van der Waals surface area contributed by atoms with Crippen molar-refractivity contribution in [2.45, 2.75) is 23.9 Å². The number of hydrogen-bond donors (Lipinski definition) is 3. The Hall–Kier alpha value is -3.19. The third kappa shape index (κ3) is 6.26. The molecule has 0 saturated heterocycles. The molecule has 3 heterocycles. The Balaban J connectivity index is 1.64. The van der Waals surface area contributed by atoms with Gasteiger partial charge in [0.1, 0.15) is 11.4 Å². The van der Waals surface area contributed by atoms with Gasteiger partial charge in [-0.2, -0.15) is 23.1 Å². The van der Waals surface area contributed by atoms with E-state index in [0.29, 0.717) is 17.8 Å². The molecule has 3 N–H and O–H groups in total. The quantitative estimate of drug-likeness (QED) is 0.252. The monoisotopic (exact) mass is 572 g/mol. The number of amides is 2. The maximum Gasteiger partial charge on any atom is 0.270 e. The van der Waals surface area contributed by atoms with Crippen molar-refractivity contribution in [3.63, 3.8) is 0 Å². The summed E-state index contributed by atoms with van der Waals surface area (Å²) in [4.78, 5) is 31.5. The Morgan fingerprint density at radius 1 is 1.16 bits per heavy atom. The van der Waals surface area contributed by atoms with Crippen LogP contribution in [0.5, 0.6) is 0 Å². The fourth-order valence-electron chi connectivity index (χ4n) is 3.92. The van der Waals surface area contributed by atoms with Crippen molar-refractivity contribution in [2.24, 2.45) is 0 Å². The Labute approximate surface area is 229 Å². The van der Waals surface area contributed by atoms with Crippen LogP contribution in [-0.4, -0.2) is 65.6 Å². The summed E-state index contributed by atoms with van der Waals surface area (Å²) < 4.78 is 25.0. The average molecular weight is 573 g/mol. The molecule has 0 spiro atoms. The van der Waals surface area contributed by atoms with Crippen LogP contribution in [-0.2, 0) is 16.4 Å². The minimum Gasteiger partial charge on any atom is -0.394 e. The molecule has 1 aromatic carbocycles. The van der Waals surface area contributed by atoms with Crippen molar-refractivity contribution in [3.05, 3.63) is 76.2 Å². The molecule has 0 saturated carbocycles. The number of thiophene rings is 1. The van der Waals surface area contributed by atoms with Gasteiger partial charge in [0.05, 0.1) is 23.1 Å². The summed E-state index contributed by atoms with van der Waals surface area (Å²) in [5, 5.41) is 19.3. The molecule has 4 aromatic rings. The number of aliphatic hydroxyl groups excluding tert-OH is 1. The van der Waals surface area contributed by atoms with E-state index in [9.17, 15) is 23.1 Å². The molecule has 0 unspecified atom stereocenters. The molecule has 200 valence electrons. The standard InChI is InChI=1S/C26H28N4O5S3/c1-36-12-10-19(15-31)28-26(33)23-22(18-9-13-37-16-18)29-24-21(4-3-11-30(23)24)25(32)27-14-17-5-7-20(8-6-17)38(2,34)35/h3-9,11,13,16,19,31H,10,12,14-15H2,1-2H3,(H,27,32)(H,28,33)/t19-/m0/s1. The number of carbonyl (C=O) groups excluding carboxylic acids is 2. The SMILES string of the molecule is CSCC[C@@H](CO)NC(=O)c1c(-c2ccsc2)nc2c(C(=O)NCc3ccc(S(C)(=O)=O)cc3)cccn12. The highest BCUT2D eigenvalue weighted by Gasteiger charge is 2.25. The van der Waals surface area contributed by atoms with Crippen LogP contribution in [0.1, 0.15) is 32.8 Å². The first-order chi connectivity index (χ1) is 18.2. The van der Waals surface area contributed by atoms with Crippen molar-refractivity contribution >= 4 is 50.4 Å². The van der Waals surface area contributed by atoms with Crippen molar-refractivity contribution in [1.29, 1.82) is 0 Å². The second-order valence-corrected chi connectivity index (χ2v) is 12.5. The van der Waals surface area contributed by atoms with Crippen molar-refractivity contribution in [3.8, 4) is 11.3 Å². The van der Waals surface area contributed by atoms with Crippen LogP contribution in [0.2, 0.25) is 0 Å². The zero-order chi connectivity index (χ0) is 27.3. The van der Waals surface area contributed by atoms with E-state index >= 15 is 0 Å². The number of sulfone groups is 1. The van der Waals surface area contributed by atoms with Crippen LogP contribution in [0.25, 0.3) is 16.9 Å². The lowest BCUT2D eigenvalue weighted by Gasteiger charge is -2.16. The van der Waals surface area contributed by atoms with E-state index in [-0.39, 0.29) is 41.1 Å². The minimum absolute atomic E-state index is 0.184. The highest BCUT2D eigenvalue weighted by atomic mass is 32.2. The van der Waals surface area contributed by atoms with Gasteiger partial charge in [0.15, 0.2) is 15.5 Å².